The summed E-state index contributed by atoms with van der Waals surface area (Å²) in [6.07, 6.45) is -3.75. The number of carbonyl (C=O) groups excluding carboxylic acids is 2. The van der Waals surface area contributed by atoms with Gasteiger partial charge in [-0.15, -0.1) is 0 Å². The zero-order chi connectivity index (χ0) is 23.6. The van der Waals surface area contributed by atoms with E-state index in [2.05, 4.69) is 10.2 Å². The lowest BCUT2D eigenvalue weighted by Gasteiger charge is -2.44. The molecule has 4 rings (SSSR count). The average Bonchev–Trinajstić information content (AvgIpc) is 2.81. The summed E-state index contributed by atoms with van der Waals surface area (Å²) in [4.78, 5) is 30.4. The van der Waals surface area contributed by atoms with Crippen LogP contribution in [0.1, 0.15) is 23.6 Å². The summed E-state index contributed by atoms with van der Waals surface area (Å²) in [7, 11) is 1.56. The Hall–Kier alpha value is -2.37. The largest absolute Gasteiger partial charge is 0.416 e. The van der Waals surface area contributed by atoms with Gasteiger partial charge in [0.25, 0.3) is 0 Å². The molecule has 11 heteroatoms. The van der Waals surface area contributed by atoms with Crippen LogP contribution in [0.25, 0.3) is 0 Å². The van der Waals surface area contributed by atoms with Crippen molar-refractivity contribution >= 4 is 11.9 Å². The lowest BCUT2D eigenvalue weighted by Crippen LogP contribution is -2.63. The third kappa shape index (κ3) is 5.42. The van der Waals surface area contributed by atoms with Crippen molar-refractivity contribution in [3.63, 3.8) is 0 Å². The van der Waals surface area contributed by atoms with Crippen LogP contribution in [0.3, 0.4) is 0 Å². The fourth-order valence-corrected chi connectivity index (χ4v) is 4.76. The van der Waals surface area contributed by atoms with Crippen molar-refractivity contribution in [1.82, 2.24) is 20.0 Å². The number of morpholine rings is 1. The number of halogens is 3. The Balaban J connectivity index is 1.34. The number of hydrogen-bond donors (Lipinski definition) is 1. The molecule has 3 atom stereocenters. The molecule has 8 nitrogen and oxygen atoms in total. The molecular formula is C22H29F3N4O4. The average molecular weight is 470 g/mol. The number of likely N-dealkylation sites (tertiary alicyclic amines) is 1. The van der Waals surface area contributed by atoms with Gasteiger partial charge in [0.15, 0.2) is 0 Å². The molecule has 1 N–H and O–H groups in total. The number of nitrogens with zero attached hydrogens (tertiary/aromatic N) is 3. The molecule has 0 radical (unpaired) electrons. The van der Waals surface area contributed by atoms with Crippen molar-refractivity contribution in [2.45, 2.75) is 30.8 Å². The predicted molar refractivity (Wildman–Crippen MR) is 112 cm³/mol. The van der Waals surface area contributed by atoms with E-state index in [0.717, 1.165) is 17.7 Å². The van der Waals surface area contributed by atoms with Crippen LogP contribution in [-0.4, -0.2) is 98.4 Å². The number of carbonyl (C=O) groups is 2. The summed E-state index contributed by atoms with van der Waals surface area (Å²) in [5.74, 6) is -0.161. The highest BCUT2D eigenvalue weighted by Crippen LogP contribution is 2.31. The lowest BCUT2D eigenvalue weighted by molar-refractivity contribution is -0.140. The number of amides is 3. The molecule has 3 unspecified atom stereocenters. The highest BCUT2D eigenvalue weighted by molar-refractivity contribution is 5.79. The highest BCUT2D eigenvalue weighted by Gasteiger charge is 2.38. The smallest absolute Gasteiger partial charge is 0.383 e. The summed E-state index contributed by atoms with van der Waals surface area (Å²) >= 11 is 0. The number of nitrogens with one attached hydrogen (secondary N) is 1. The van der Waals surface area contributed by atoms with Crippen LogP contribution in [0.5, 0.6) is 0 Å². The Kier molecular flexibility index (Phi) is 7.10. The zero-order valence-electron chi connectivity index (χ0n) is 18.5. The van der Waals surface area contributed by atoms with Gasteiger partial charge < -0.3 is 24.6 Å². The van der Waals surface area contributed by atoms with Gasteiger partial charge in [0, 0.05) is 46.4 Å². The van der Waals surface area contributed by atoms with E-state index in [1.165, 1.54) is 12.1 Å². The number of fused-ring (bicyclic) bond motifs is 1. The molecule has 0 aliphatic carbocycles. The summed E-state index contributed by atoms with van der Waals surface area (Å²) in [6.45, 7) is 3.59. The van der Waals surface area contributed by atoms with Crippen molar-refractivity contribution in [3.05, 3.63) is 35.4 Å². The minimum Gasteiger partial charge on any atom is -0.383 e. The summed E-state index contributed by atoms with van der Waals surface area (Å²) in [5, 5.41) is 2.90. The van der Waals surface area contributed by atoms with E-state index in [1.54, 1.807) is 16.9 Å². The SMILES string of the molecule is COCC(c1ccc(C(F)(F)F)cc1)N1CCN(C(=O)N2CCC3OCC(=O)NC3C2)CC1. The molecule has 3 heterocycles. The molecule has 3 fully saturated rings. The second-order valence-corrected chi connectivity index (χ2v) is 8.65. The second-order valence-electron chi connectivity index (χ2n) is 8.65. The van der Waals surface area contributed by atoms with Gasteiger partial charge in [-0.25, -0.2) is 4.79 Å². The Morgan fingerprint density at radius 1 is 1.15 bits per heavy atom. The number of urea groups is 1. The second kappa shape index (κ2) is 9.86. The van der Waals surface area contributed by atoms with Crippen LogP contribution in [0, 0.1) is 0 Å². The first-order valence-electron chi connectivity index (χ1n) is 11.1. The van der Waals surface area contributed by atoms with Crippen molar-refractivity contribution in [2.75, 3.05) is 59.6 Å². The molecule has 0 bridgehead atoms. The molecule has 3 aliphatic heterocycles. The minimum atomic E-state index is -4.37. The van der Waals surface area contributed by atoms with Crippen molar-refractivity contribution in [1.29, 1.82) is 0 Å². The van der Waals surface area contributed by atoms with Gasteiger partial charge in [0.1, 0.15) is 6.61 Å². The fourth-order valence-electron chi connectivity index (χ4n) is 4.76. The molecule has 3 saturated heterocycles. The van der Waals surface area contributed by atoms with E-state index in [1.807, 2.05) is 0 Å². The topological polar surface area (TPSA) is 74.3 Å². The van der Waals surface area contributed by atoms with E-state index < -0.39 is 11.7 Å². The third-order valence-electron chi connectivity index (χ3n) is 6.57. The number of alkyl halides is 3. The summed E-state index contributed by atoms with van der Waals surface area (Å²) < 4.78 is 49.6. The molecule has 3 aliphatic rings. The van der Waals surface area contributed by atoms with Gasteiger partial charge in [0.2, 0.25) is 5.91 Å². The molecule has 1 aromatic carbocycles. The van der Waals surface area contributed by atoms with Gasteiger partial charge in [-0.05, 0) is 24.1 Å². The molecule has 0 saturated carbocycles. The van der Waals surface area contributed by atoms with Crippen LogP contribution in [0.2, 0.25) is 0 Å². The normalized spacial score (nSPS) is 25.4. The molecule has 3 amide bonds. The first-order valence-corrected chi connectivity index (χ1v) is 11.1. The molecular weight excluding hydrogens is 441 g/mol. The molecule has 1 aromatic rings. The van der Waals surface area contributed by atoms with Gasteiger partial charge in [-0.2, -0.15) is 13.2 Å². The highest BCUT2D eigenvalue weighted by atomic mass is 19.4. The van der Waals surface area contributed by atoms with E-state index in [9.17, 15) is 22.8 Å². The molecule has 182 valence electrons. The van der Waals surface area contributed by atoms with Crippen LogP contribution in [-0.2, 0) is 20.4 Å². The van der Waals surface area contributed by atoms with Crippen LogP contribution in [0.4, 0.5) is 18.0 Å². The molecule has 0 aromatic heterocycles. The Labute approximate surface area is 190 Å². The van der Waals surface area contributed by atoms with Gasteiger partial charge in [0.05, 0.1) is 30.4 Å². The monoisotopic (exact) mass is 470 g/mol. The number of hydrogen-bond acceptors (Lipinski definition) is 5. The Bertz CT molecular complexity index is 843. The first-order chi connectivity index (χ1) is 15.8. The molecule has 0 spiro atoms. The number of methoxy groups -OCH3 is 1. The number of rotatable bonds is 4. The Morgan fingerprint density at radius 3 is 2.48 bits per heavy atom. The maximum absolute atomic E-state index is 13.1. The summed E-state index contributed by atoms with van der Waals surface area (Å²) in [5.41, 5.74) is 0.0703. The lowest BCUT2D eigenvalue weighted by atomic mass is 10.0. The maximum atomic E-state index is 13.1. The third-order valence-corrected chi connectivity index (χ3v) is 6.57. The van der Waals surface area contributed by atoms with E-state index in [0.29, 0.717) is 52.3 Å². The quantitative estimate of drug-likeness (QED) is 0.726. The zero-order valence-corrected chi connectivity index (χ0v) is 18.5. The van der Waals surface area contributed by atoms with Crippen LogP contribution in [0.15, 0.2) is 24.3 Å². The van der Waals surface area contributed by atoms with E-state index >= 15 is 0 Å². The number of benzene rings is 1. The summed E-state index contributed by atoms with van der Waals surface area (Å²) in [6, 6.07) is 4.73. The predicted octanol–water partition coefficient (Wildman–Crippen LogP) is 1.72. The number of piperidine rings is 1. The first kappa shape index (κ1) is 23.8. The van der Waals surface area contributed by atoms with E-state index in [4.69, 9.17) is 9.47 Å². The number of piperazine rings is 1. The van der Waals surface area contributed by atoms with Crippen LogP contribution >= 0.6 is 0 Å². The minimum absolute atomic E-state index is 0.0536. The maximum Gasteiger partial charge on any atom is 0.416 e. The van der Waals surface area contributed by atoms with Gasteiger partial charge in [-0.1, -0.05) is 12.1 Å². The van der Waals surface area contributed by atoms with Gasteiger partial charge >= 0.3 is 12.2 Å². The Morgan fingerprint density at radius 2 is 1.85 bits per heavy atom. The van der Waals surface area contributed by atoms with Crippen molar-refractivity contribution < 1.29 is 32.2 Å². The van der Waals surface area contributed by atoms with Crippen molar-refractivity contribution in [3.8, 4) is 0 Å². The standard InChI is InChI=1S/C22H29F3N4O4/c1-32-13-18(15-2-4-16(5-3-15)22(23,24)25)27-8-10-28(11-9-27)21(31)29-7-6-19-17(12-29)26-20(30)14-33-19/h2-5,17-19H,6-14H2,1H3,(H,26,30). The molecule has 33 heavy (non-hydrogen) atoms. The van der Waals surface area contributed by atoms with Crippen LogP contribution < -0.4 is 5.32 Å². The van der Waals surface area contributed by atoms with Crippen molar-refractivity contribution in [2.24, 2.45) is 0 Å². The fraction of sp³-hybridized carbons (Fsp3) is 0.636. The van der Waals surface area contributed by atoms with Gasteiger partial charge in [-0.3, -0.25) is 9.69 Å². The van der Waals surface area contributed by atoms with E-state index in [-0.39, 0.29) is 36.7 Å². The number of ether oxygens (including phenoxy) is 2.